The Balaban J connectivity index is 1.56. The van der Waals surface area contributed by atoms with E-state index in [4.69, 9.17) is 28.3 Å². The zero-order chi connectivity index (χ0) is 28.2. The van der Waals surface area contributed by atoms with Crippen LogP contribution < -0.4 is 10.6 Å². The smallest absolute Gasteiger partial charge is 0.305 e. The van der Waals surface area contributed by atoms with E-state index >= 15 is 0 Å². The lowest BCUT2D eigenvalue weighted by Crippen LogP contribution is -2.43. The van der Waals surface area contributed by atoms with Gasteiger partial charge in [-0.3, -0.25) is 19.4 Å². The van der Waals surface area contributed by atoms with Gasteiger partial charge in [0.15, 0.2) is 11.6 Å². The van der Waals surface area contributed by atoms with E-state index in [9.17, 15) is 23.2 Å². The van der Waals surface area contributed by atoms with Gasteiger partial charge in [0.2, 0.25) is 0 Å². The summed E-state index contributed by atoms with van der Waals surface area (Å²) in [4.78, 5) is 38.6. The van der Waals surface area contributed by atoms with E-state index in [-0.39, 0.29) is 41.8 Å². The number of aromatic nitrogens is 1. The molecule has 0 saturated carbocycles. The second-order valence-electron chi connectivity index (χ2n) is 8.64. The van der Waals surface area contributed by atoms with Gasteiger partial charge in [0.25, 0.3) is 11.8 Å². The van der Waals surface area contributed by atoms with E-state index in [1.54, 1.807) is 6.08 Å². The number of benzene rings is 2. The van der Waals surface area contributed by atoms with Gasteiger partial charge < -0.3 is 15.7 Å². The van der Waals surface area contributed by atoms with Crippen molar-refractivity contribution in [2.75, 3.05) is 6.54 Å². The summed E-state index contributed by atoms with van der Waals surface area (Å²) in [6, 6.07) is 13.7. The van der Waals surface area contributed by atoms with Gasteiger partial charge in [-0.1, -0.05) is 65.7 Å². The zero-order valence-corrected chi connectivity index (χ0v) is 21.7. The second kappa shape index (κ2) is 11.8. The molecule has 1 atom stereocenters. The number of carbonyl (C=O) groups excluding carboxylic acids is 2. The maximum atomic E-state index is 14.2. The molecule has 4 rings (SSSR count). The number of aliphatic carboxylic acids is 1. The van der Waals surface area contributed by atoms with Crippen LogP contribution in [-0.2, 0) is 4.79 Å². The van der Waals surface area contributed by atoms with Crippen molar-refractivity contribution in [3.05, 3.63) is 106 Å². The first-order valence-electron chi connectivity index (χ1n) is 11.7. The van der Waals surface area contributed by atoms with Crippen LogP contribution in [0.3, 0.4) is 0 Å². The monoisotopic (exact) mass is 571 g/mol. The molecule has 7 nitrogen and oxygen atoms in total. The predicted octanol–water partition coefficient (Wildman–Crippen LogP) is 5.51. The number of carboxylic acids is 1. The number of amides is 2. The number of carboxylic acid groups (broad SMARTS) is 1. The van der Waals surface area contributed by atoms with Crippen LogP contribution in [0.4, 0.5) is 8.78 Å². The van der Waals surface area contributed by atoms with E-state index in [1.807, 2.05) is 30.3 Å². The lowest BCUT2D eigenvalue weighted by molar-refractivity contribution is -0.136. The topological polar surface area (TPSA) is 108 Å². The minimum Gasteiger partial charge on any atom is -0.481 e. The molecule has 0 bridgehead atoms. The first kappa shape index (κ1) is 27.9. The SMILES string of the molecule is O=C(O)CCNC(=O)c1ccc(-c2cc(F)c(F)cc2C(=O)NC2(Cl)C=C(Cl)C(c3ccccc3)=CC2)cn1. The molecule has 11 heteroatoms. The molecule has 3 aromatic rings. The number of nitrogens with zero attached hydrogens (tertiary/aromatic N) is 1. The minimum absolute atomic E-state index is 0.0170. The molecule has 0 aliphatic heterocycles. The fourth-order valence-corrected chi connectivity index (χ4v) is 4.64. The molecule has 0 radical (unpaired) electrons. The van der Waals surface area contributed by atoms with Gasteiger partial charge >= 0.3 is 5.97 Å². The molecule has 1 aliphatic carbocycles. The molecule has 1 aromatic heterocycles. The molecule has 3 N–H and O–H groups in total. The average molecular weight is 572 g/mol. The number of rotatable bonds is 8. The number of pyridine rings is 1. The molecule has 1 aliphatic rings. The Bertz CT molecular complexity index is 1490. The summed E-state index contributed by atoms with van der Waals surface area (Å²) in [5.41, 5.74) is 1.63. The van der Waals surface area contributed by atoms with Crippen LogP contribution in [0.25, 0.3) is 16.7 Å². The van der Waals surface area contributed by atoms with Gasteiger partial charge in [0.1, 0.15) is 10.7 Å². The quantitative estimate of drug-likeness (QED) is 0.244. The van der Waals surface area contributed by atoms with Gasteiger partial charge in [-0.15, -0.1) is 0 Å². The van der Waals surface area contributed by atoms with Crippen LogP contribution in [0.1, 0.15) is 39.3 Å². The predicted molar refractivity (Wildman–Crippen MR) is 143 cm³/mol. The number of nitrogens with one attached hydrogen (secondary N) is 2. The normalized spacial score (nSPS) is 16.6. The van der Waals surface area contributed by atoms with Crippen molar-refractivity contribution in [1.29, 1.82) is 0 Å². The van der Waals surface area contributed by atoms with Gasteiger partial charge in [-0.25, -0.2) is 8.78 Å². The fraction of sp³-hybridized carbons (Fsp3) is 0.143. The van der Waals surface area contributed by atoms with Crippen LogP contribution in [0.5, 0.6) is 0 Å². The summed E-state index contributed by atoms with van der Waals surface area (Å²) in [6.45, 7) is -0.0915. The van der Waals surface area contributed by atoms with E-state index < -0.39 is 34.4 Å². The molecule has 2 amide bonds. The molecular formula is C28H21Cl2F2N3O4. The van der Waals surface area contributed by atoms with Crippen LogP contribution in [0.15, 0.2) is 78.0 Å². The van der Waals surface area contributed by atoms with Crippen LogP contribution in [0, 0.1) is 11.6 Å². The molecule has 0 saturated heterocycles. The van der Waals surface area contributed by atoms with Crippen molar-refractivity contribution in [2.24, 2.45) is 0 Å². The van der Waals surface area contributed by atoms with Crippen molar-refractivity contribution in [3.8, 4) is 11.1 Å². The summed E-state index contributed by atoms with van der Waals surface area (Å²) in [5.74, 6) is -4.89. The summed E-state index contributed by atoms with van der Waals surface area (Å²) >= 11 is 13.1. The summed E-state index contributed by atoms with van der Waals surface area (Å²) in [6.07, 6.45) is 4.39. The Hall–Kier alpha value is -4.08. The molecular weight excluding hydrogens is 551 g/mol. The van der Waals surface area contributed by atoms with Gasteiger partial charge in [0, 0.05) is 29.8 Å². The molecule has 200 valence electrons. The maximum Gasteiger partial charge on any atom is 0.305 e. The summed E-state index contributed by atoms with van der Waals surface area (Å²) < 4.78 is 28.4. The highest BCUT2D eigenvalue weighted by atomic mass is 35.5. The second-order valence-corrected chi connectivity index (χ2v) is 9.72. The highest BCUT2D eigenvalue weighted by Gasteiger charge is 2.32. The first-order valence-corrected chi connectivity index (χ1v) is 12.4. The average Bonchev–Trinajstić information content (AvgIpc) is 2.90. The lowest BCUT2D eigenvalue weighted by atomic mass is 9.95. The zero-order valence-electron chi connectivity index (χ0n) is 20.2. The maximum absolute atomic E-state index is 14.2. The molecule has 0 spiro atoms. The number of alkyl halides is 1. The molecule has 39 heavy (non-hydrogen) atoms. The fourth-order valence-electron chi connectivity index (χ4n) is 3.94. The van der Waals surface area contributed by atoms with Crippen molar-refractivity contribution >= 4 is 46.6 Å². The third kappa shape index (κ3) is 6.68. The van der Waals surface area contributed by atoms with E-state index in [1.165, 1.54) is 24.4 Å². The van der Waals surface area contributed by atoms with Crippen LogP contribution in [0.2, 0.25) is 0 Å². The number of allylic oxidation sites excluding steroid dienone is 2. The van der Waals surface area contributed by atoms with Crippen molar-refractivity contribution in [3.63, 3.8) is 0 Å². The van der Waals surface area contributed by atoms with E-state index in [0.29, 0.717) is 5.03 Å². The molecule has 1 heterocycles. The van der Waals surface area contributed by atoms with Crippen molar-refractivity contribution in [2.45, 2.75) is 17.8 Å². The number of hydrogen-bond donors (Lipinski definition) is 3. The molecule has 1 unspecified atom stereocenters. The Labute approximate surface area is 232 Å². The van der Waals surface area contributed by atoms with E-state index in [2.05, 4.69) is 15.6 Å². The van der Waals surface area contributed by atoms with Crippen molar-refractivity contribution < 1.29 is 28.3 Å². The number of carbonyl (C=O) groups is 3. The standard InChI is InChI=1S/C28H21Cl2F2N3O4/c29-21-14-28(30,10-8-18(21)16-4-2-1-3-5-16)35-26(38)20-13-23(32)22(31)12-19(20)17-6-7-24(34-15-17)27(39)33-11-9-25(36)37/h1-8,12-15H,9-11H2,(H,33,39)(H,35,38)(H,36,37). The number of hydrogen-bond acceptors (Lipinski definition) is 4. The Morgan fingerprint density at radius 3 is 2.36 bits per heavy atom. The third-order valence-corrected chi connectivity index (χ3v) is 6.53. The molecule has 2 aromatic carbocycles. The largest absolute Gasteiger partial charge is 0.481 e. The van der Waals surface area contributed by atoms with Gasteiger partial charge in [-0.2, -0.15) is 0 Å². The van der Waals surface area contributed by atoms with Gasteiger partial charge in [0.05, 0.1) is 12.0 Å². The molecule has 0 fully saturated rings. The highest BCUT2D eigenvalue weighted by molar-refractivity contribution is 6.38. The minimum atomic E-state index is -1.43. The Kier molecular flexibility index (Phi) is 8.42. The van der Waals surface area contributed by atoms with Crippen LogP contribution >= 0.6 is 23.2 Å². The summed E-state index contributed by atoms with van der Waals surface area (Å²) in [7, 11) is 0. The lowest BCUT2D eigenvalue weighted by Gasteiger charge is -2.29. The van der Waals surface area contributed by atoms with Gasteiger partial charge in [-0.05, 0) is 41.0 Å². The van der Waals surface area contributed by atoms with Crippen LogP contribution in [-0.4, -0.2) is 39.4 Å². The Morgan fingerprint density at radius 1 is 1.00 bits per heavy atom. The first-order chi connectivity index (χ1) is 18.6. The Morgan fingerprint density at radius 2 is 1.72 bits per heavy atom. The third-order valence-electron chi connectivity index (χ3n) is 5.86. The van der Waals surface area contributed by atoms with Crippen molar-refractivity contribution in [1.82, 2.24) is 15.6 Å². The van der Waals surface area contributed by atoms with E-state index in [0.717, 1.165) is 23.3 Å². The highest BCUT2D eigenvalue weighted by Crippen LogP contribution is 2.37. The number of halogens is 4. The summed E-state index contributed by atoms with van der Waals surface area (Å²) in [5, 5.41) is 14.0.